The molecule has 25 heavy (non-hydrogen) atoms. The molecule has 0 saturated carbocycles. The van der Waals surface area contributed by atoms with Crippen LogP contribution in [0.1, 0.15) is 22.8 Å². The Morgan fingerprint density at radius 3 is 2.32 bits per heavy atom. The van der Waals surface area contributed by atoms with Crippen LogP contribution in [0.4, 0.5) is 13.2 Å². The van der Waals surface area contributed by atoms with Crippen molar-refractivity contribution in [3.63, 3.8) is 0 Å². The van der Waals surface area contributed by atoms with Crippen molar-refractivity contribution in [3.8, 4) is 17.6 Å². The number of carbonyl (C=O) groups is 1. The Labute approximate surface area is 141 Å². The zero-order chi connectivity index (χ0) is 18.4. The summed E-state index contributed by atoms with van der Waals surface area (Å²) >= 11 is 0. The van der Waals surface area contributed by atoms with Gasteiger partial charge in [0.15, 0.2) is 0 Å². The highest BCUT2D eigenvalue weighted by molar-refractivity contribution is 5.91. The number of halogens is 3. The number of esters is 1. The maximum absolute atomic E-state index is 14.0. The summed E-state index contributed by atoms with van der Waals surface area (Å²) < 4.78 is 51.4. The molecule has 0 amide bonds. The molecule has 0 aliphatic carbocycles. The average Bonchev–Trinajstić information content (AvgIpc) is 2.54. The lowest BCUT2D eigenvalue weighted by Gasteiger charge is -2.09. The maximum atomic E-state index is 14.0. The van der Waals surface area contributed by atoms with Crippen LogP contribution < -0.4 is 9.47 Å². The second-order valence-corrected chi connectivity index (χ2v) is 4.78. The molecule has 0 N–H and O–H groups in total. The molecule has 2 rings (SSSR count). The summed E-state index contributed by atoms with van der Waals surface area (Å²) in [6.07, 6.45) is 3.34. The van der Waals surface area contributed by atoms with Crippen molar-refractivity contribution in [2.75, 3.05) is 6.61 Å². The third kappa shape index (κ3) is 4.38. The lowest BCUT2D eigenvalue weighted by Crippen LogP contribution is -2.14. The van der Waals surface area contributed by atoms with Crippen molar-refractivity contribution in [2.24, 2.45) is 0 Å². The number of nitriles is 1. The third-order valence-corrected chi connectivity index (χ3v) is 3.07. The molecule has 0 aliphatic rings. The monoisotopic (exact) mass is 347 g/mol. The van der Waals surface area contributed by atoms with Gasteiger partial charge in [-0.05, 0) is 19.1 Å². The van der Waals surface area contributed by atoms with Gasteiger partial charge in [-0.1, -0.05) is 12.2 Å². The lowest BCUT2D eigenvalue weighted by atomic mass is 10.2. The molecule has 0 unspecified atom stereocenters. The van der Waals surface area contributed by atoms with Crippen LogP contribution in [0.25, 0.3) is 0 Å². The van der Waals surface area contributed by atoms with E-state index in [0.717, 1.165) is 30.3 Å². The molecule has 0 fully saturated rings. The molecular formula is C18H12F3NO3. The number of ether oxygens (including phenoxy) is 2. The Balaban J connectivity index is 2.21. The van der Waals surface area contributed by atoms with Crippen LogP contribution in [-0.2, 0) is 0 Å². The van der Waals surface area contributed by atoms with Crippen LogP contribution in [0, 0.1) is 28.8 Å². The zero-order valence-electron chi connectivity index (χ0n) is 13.1. The van der Waals surface area contributed by atoms with Crippen LogP contribution in [0.5, 0.6) is 11.5 Å². The Morgan fingerprint density at radius 2 is 1.76 bits per heavy atom. The van der Waals surface area contributed by atoms with Crippen molar-refractivity contribution in [1.29, 1.82) is 5.26 Å². The lowest BCUT2D eigenvalue weighted by molar-refractivity contribution is 0.0724. The fourth-order valence-corrected chi connectivity index (χ4v) is 1.88. The summed E-state index contributed by atoms with van der Waals surface area (Å²) in [4.78, 5) is 12.0. The highest BCUT2D eigenvalue weighted by Gasteiger charge is 2.21. The first-order chi connectivity index (χ1) is 12.0. The molecule has 0 bridgehead atoms. The van der Waals surface area contributed by atoms with E-state index in [1.807, 2.05) is 0 Å². The van der Waals surface area contributed by atoms with Gasteiger partial charge in [-0.15, -0.1) is 0 Å². The fraction of sp³-hybridized carbons (Fsp3) is 0.111. The van der Waals surface area contributed by atoms with E-state index in [-0.39, 0.29) is 23.7 Å². The molecular weight excluding hydrogens is 335 g/mol. The van der Waals surface area contributed by atoms with Gasteiger partial charge in [-0.2, -0.15) is 5.26 Å². The number of hydrogen-bond acceptors (Lipinski definition) is 4. The predicted molar refractivity (Wildman–Crippen MR) is 82.7 cm³/mol. The van der Waals surface area contributed by atoms with E-state index in [2.05, 4.69) is 0 Å². The van der Waals surface area contributed by atoms with Crippen molar-refractivity contribution in [2.45, 2.75) is 6.92 Å². The van der Waals surface area contributed by atoms with E-state index in [1.54, 1.807) is 25.1 Å². The number of rotatable bonds is 5. The highest BCUT2D eigenvalue weighted by Crippen LogP contribution is 2.23. The first kappa shape index (κ1) is 18.1. The minimum absolute atomic E-state index is 0.0888. The van der Waals surface area contributed by atoms with Crippen LogP contribution in [-0.4, -0.2) is 12.6 Å². The van der Waals surface area contributed by atoms with Gasteiger partial charge in [0.2, 0.25) is 0 Å². The Hall–Kier alpha value is -3.27. The molecule has 0 aromatic heterocycles. The van der Waals surface area contributed by atoms with Gasteiger partial charge in [0.25, 0.3) is 0 Å². The second-order valence-electron chi connectivity index (χ2n) is 4.78. The molecule has 0 aliphatic heterocycles. The van der Waals surface area contributed by atoms with E-state index in [1.165, 1.54) is 0 Å². The van der Waals surface area contributed by atoms with E-state index < -0.39 is 29.0 Å². The van der Waals surface area contributed by atoms with E-state index >= 15 is 0 Å². The zero-order valence-corrected chi connectivity index (χ0v) is 13.1. The number of allylic oxidation sites excluding steroid dienone is 1. The molecule has 0 atom stereocenters. The Kier molecular flexibility index (Phi) is 5.79. The van der Waals surface area contributed by atoms with Gasteiger partial charge in [0.1, 0.15) is 47.2 Å². The van der Waals surface area contributed by atoms with Crippen molar-refractivity contribution < 1.29 is 27.4 Å². The fourth-order valence-electron chi connectivity index (χ4n) is 1.88. The standard InChI is InChI=1S/C18H12F3NO3/c1-2-3-6-24-13-8-15(20)17(16(21)9-13)18(23)25-12-5-4-11(10-22)14(19)7-12/h2-5,7-9H,6H2,1H3/b3-2+. The molecule has 128 valence electrons. The second kappa shape index (κ2) is 8.02. The van der Waals surface area contributed by atoms with Crippen LogP contribution in [0.3, 0.4) is 0 Å². The quantitative estimate of drug-likeness (QED) is 0.463. The molecule has 2 aromatic rings. The van der Waals surface area contributed by atoms with Gasteiger partial charge in [-0.25, -0.2) is 18.0 Å². The summed E-state index contributed by atoms with van der Waals surface area (Å²) in [5, 5.41) is 8.63. The number of benzene rings is 2. The normalized spacial score (nSPS) is 10.5. The van der Waals surface area contributed by atoms with Gasteiger partial charge >= 0.3 is 5.97 Å². The molecule has 0 radical (unpaired) electrons. The van der Waals surface area contributed by atoms with Gasteiger partial charge in [-0.3, -0.25) is 0 Å². The van der Waals surface area contributed by atoms with Crippen LogP contribution in [0.2, 0.25) is 0 Å². The summed E-state index contributed by atoms with van der Waals surface area (Å²) in [6.45, 7) is 1.87. The minimum Gasteiger partial charge on any atom is -0.489 e. The van der Waals surface area contributed by atoms with Gasteiger partial charge < -0.3 is 9.47 Å². The van der Waals surface area contributed by atoms with Crippen LogP contribution in [0.15, 0.2) is 42.5 Å². The van der Waals surface area contributed by atoms with E-state index in [4.69, 9.17) is 14.7 Å². The van der Waals surface area contributed by atoms with Crippen LogP contribution >= 0.6 is 0 Å². The summed E-state index contributed by atoms with van der Waals surface area (Å²) in [6, 6.07) is 6.31. The predicted octanol–water partition coefficient (Wildman–Crippen LogP) is 4.15. The largest absolute Gasteiger partial charge is 0.489 e. The van der Waals surface area contributed by atoms with Crippen molar-refractivity contribution in [3.05, 3.63) is 71.1 Å². The smallest absolute Gasteiger partial charge is 0.349 e. The van der Waals surface area contributed by atoms with Crippen molar-refractivity contribution in [1.82, 2.24) is 0 Å². The average molecular weight is 347 g/mol. The number of nitrogens with zero attached hydrogens (tertiary/aromatic N) is 1. The first-order valence-corrected chi connectivity index (χ1v) is 7.11. The number of carbonyl (C=O) groups excluding carboxylic acids is 1. The molecule has 0 heterocycles. The Morgan fingerprint density at radius 1 is 1.12 bits per heavy atom. The molecule has 0 spiro atoms. The summed E-state index contributed by atoms with van der Waals surface area (Å²) in [5.41, 5.74) is -1.18. The summed E-state index contributed by atoms with van der Waals surface area (Å²) in [5.74, 6) is -4.97. The molecule has 4 nitrogen and oxygen atoms in total. The molecule has 2 aromatic carbocycles. The third-order valence-electron chi connectivity index (χ3n) is 3.07. The Bertz CT molecular complexity index is 849. The highest BCUT2D eigenvalue weighted by atomic mass is 19.1. The maximum Gasteiger partial charge on any atom is 0.349 e. The van der Waals surface area contributed by atoms with E-state index in [0.29, 0.717) is 0 Å². The topological polar surface area (TPSA) is 59.3 Å². The number of hydrogen-bond donors (Lipinski definition) is 0. The van der Waals surface area contributed by atoms with Gasteiger partial charge in [0, 0.05) is 18.2 Å². The molecule has 0 saturated heterocycles. The molecule has 7 heteroatoms. The van der Waals surface area contributed by atoms with Crippen molar-refractivity contribution >= 4 is 5.97 Å². The van der Waals surface area contributed by atoms with Gasteiger partial charge in [0.05, 0.1) is 5.56 Å². The SMILES string of the molecule is C/C=C/COc1cc(F)c(C(=O)Oc2ccc(C#N)c(F)c2)c(F)c1. The van der Waals surface area contributed by atoms with E-state index in [9.17, 15) is 18.0 Å². The summed E-state index contributed by atoms with van der Waals surface area (Å²) in [7, 11) is 0. The minimum atomic E-state index is -1.33. The first-order valence-electron chi connectivity index (χ1n) is 7.11.